The molecule has 1 saturated heterocycles. The summed E-state index contributed by atoms with van der Waals surface area (Å²) in [5, 5.41) is 7.77. The molecule has 38 heavy (non-hydrogen) atoms. The number of aryl methyl sites for hydroxylation is 1. The number of methoxy groups -OCH3 is 1. The number of aromatic nitrogens is 4. The van der Waals surface area contributed by atoms with E-state index in [0.29, 0.717) is 44.1 Å². The Morgan fingerprint density at radius 3 is 2.26 bits per heavy atom. The van der Waals surface area contributed by atoms with E-state index in [1.165, 1.54) is 0 Å². The highest BCUT2D eigenvalue weighted by atomic mass is 19.4. The molecule has 1 aromatic carbocycles. The highest BCUT2D eigenvalue weighted by molar-refractivity contribution is 5.46. The molecule has 5 rings (SSSR count). The van der Waals surface area contributed by atoms with Gasteiger partial charge in [-0.15, -0.1) is 5.10 Å². The number of hydrogen-bond donors (Lipinski definition) is 1. The summed E-state index contributed by atoms with van der Waals surface area (Å²) in [7, 11) is 1.63. The van der Waals surface area contributed by atoms with E-state index < -0.39 is 29.4 Å². The topological polar surface area (TPSA) is 68.1 Å². The molecule has 13 heteroatoms. The summed E-state index contributed by atoms with van der Waals surface area (Å²) in [6.45, 7) is 1.17. The maximum atomic E-state index is 13.4. The van der Waals surface area contributed by atoms with Gasteiger partial charge in [0.15, 0.2) is 0 Å². The maximum Gasteiger partial charge on any atom is 0.416 e. The van der Waals surface area contributed by atoms with Crippen molar-refractivity contribution in [2.24, 2.45) is 0 Å². The first-order valence-corrected chi connectivity index (χ1v) is 12.2. The van der Waals surface area contributed by atoms with Crippen LogP contribution in [-0.2, 0) is 23.6 Å². The Morgan fingerprint density at radius 2 is 1.63 bits per heavy atom. The molecule has 1 fully saturated rings. The van der Waals surface area contributed by atoms with E-state index in [0.717, 1.165) is 24.2 Å². The van der Waals surface area contributed by atoms with Gasteiger partial charge in [-0.2, -0.15) is 31.3 Å². The fourth-order valence-corrected chi connectivity index (χ4v) is 5.20. The molecule has 1 N–H and O–H groups in total. The van der Waals surface area contributed by atoms with Crippen LogP contribution in [0, 0.1) is 0 Å². The molecular formula is C25H26F6N6O. The third-order valence-corrected chi connectivity index (χ3v) is 7.04. The van der Waals surface area contributed by atoms with Crippen LogP contribution in [0.3, 0.4) is 0 Å². The number of piperidine rings is 1. The molecule has 3 atom stereocenters. The molecule has 0 aliphatic carbocycles. The van der Waals surface area contributed by atoms with E-state index >= 15 is 0 Å². The number of rotatable bonds is 5. The SMILES string of the molecule is COC1CC(Nc2nc3n(n2)CCCC3c2cc(C(F)(F)F)cc(C(F)(F)F)c2)CCN1c1ccncc1. The van der Waals surface area contributed by atoms with Crippen molar-refractivity contribution >= 4 is 11.6 Å². The molecule has 7 nitrogen and oxygen atoms in total. The molecule has 3 aromatic rings. The fraction of sp³-hybridized carbons (Fsp3) is 0.480. The van der Waals surface area contributed by atoms with E-state index in [-0.39, 0.29) is 23.9 Å². The minimum atomic E-state index is -4.91. The number of hydrogen-bond acceptors (Lipinski definition) is 6. The predicted molar refractivity (Wildman–Crippen MR) is 127 cm³/mol. The summed E-state index contributed by atoms with van der Waals surface area (Å²) in [4.78, 5) is 10.7. The Kier molecular flexibility index (Phi) is 6.97. The minimum Gasteiger partial charge on any atom is -0.362 e. The van der Waals surface area contributed by atoms with Gasteiger partial charge < -0.3 is 15.0 Å². The summed E-state index contributed by atoms with van der Waals surface area (Å²) in [6.07, 6.45) is -4.32. The molecule has 2 aliphatic rings. The number of nitrogens with zero attached hydrogens (tertiary/aromatic N) is 5. The lowest BCUT2D eigenvalue weighted by Crippen LogP contribution is -2.47. The van der Waals surface area contributed by atoms with Gasteiger partial charge in [0.25, 0.3) is 0 Å². The second kappa shape index (κ2) is 10.1. The zero-order valence-electron chi connectivity index (χ0n) is 20.4. The third kappa shape index (κ3) is 5.42. The smallest absolute Gasteiger partial charge is 0.362 e. The van der Waals surface area contributed by atoms with Crippen molar-refractivity contribution in [3.05, 3.63) is 65.2 Å². The maximum absolute atomic E-state index is 13.4. The molecule has 3 unspecified atom stereocenters. The first-order valence-electron chi connectivity index (χ1n) is 12.2. The van der Waals surface area contributed by atoms with Crippen molar-refractivity contribution in [3.63, 3.8) is 0 Å². The molecule has 0 saturated carbocycles. The lowest BCUT2D eigenvalue weighted by molar-refractivity contribution is -0.143. The summed E-state index contributed by atoms with van der Waals surface area (Å²) < 4.78 is 87.9. The van der Waals surface area contributed by atoms with Gasteiger partial charge in [-0.25, -0.2) is 4.68 Å². The van der Waals surface area contributed by atoms with Crippen molar-refractivity contribution in [1.82, 2.24) is 19.7 Å². The molecule has 2 aliphatic heterocycles. The largest absolute Gasteiger partial charge is 0.416 e. The van der Waals surface area contributed by atoms with E-state index in [1.54, 1.807) is 24.2 Å². The Hall–Kier alpha value is -3.35. The number of alkyl halides is 6. The number of anilines is 2. The average molecular weight is 541 g/mol. The highest BCUT2D eigenvalue weighted by Gasteiger charge is 2.39. The van der Waals surface area contributed by atoms with Gasteiger partial charge in [0, 0.05) is 56.7 Å². The van der Waals surface area contributed by atoms with E-state index in [9.17, 15) is 26.3 Å². The van der Waals surface area contributed by atoms with Crippen molar-refractivity contribution in [2.45, 2.75) is 62.8 Å². The quantitative estimate of drug-likeness (QED) is 0.420. The average Bonchev–Trinajstić information content (AvgIpc) is 3.30. The van der Waals surface area contributed by atoms with Crippen LogP contribution in [0.15, 0.2) is 42.7 Å². The predicted octanol–water partition coefficient (Wildman–Crippen LogP) is 5.69. The highest BCUT2D eigenvalue weighted by Crippen LogP contribution is 2.41. The van der Waals surface area contributed by atoms with Gasteiger partial charge in [0.1, 0.15) is 12.1 Å². The van der Waals surface area contributed by atoms with Crippen LogP contribution in [0.1, 0.15) is 54.1 Å². The Balaban J connectivity index is 1.37. The van der Waals surface area contributed by atoms with Gasteiger partial charge in [0.05, 0.1) is 11.1 Å². The van der Waals surface area contributed by atoms with Crippen molar-refractivity contribution in [3.8, 4) is 0 Å². The molecule has 0 spiro atoms. The third-order valence-electron chi connectivity index (χ3n) is 7.04. The van der Waals surface area contributed by atoms with Crippen LogP contribution in [0.2, 0.25) is 0 Å². The molecular weight excluding hydrogens is 514 g/mol. The van der Waals surface area contributed by atoms with Crippen LogP contribution in [0.5, 0.6) is 0 Å². The Morgan fingerprint density at radius 1 is 0.947 bits per heavy atom. The van der Waals surface area contributed by atoms with Crippen LogP contribution in [-0.4, -0.2) is 45.7 Å². The summed E-state index contributed by atoms with van der Waals surface area (Å²) in [5.74, 6) is -0.0914. The van der Waals surface area contributed by atoms with Crippen LogP contribution >= 0.6 is 0 Å². The monoisotopic (exact) mass is 540 g/mol. The summed E-state index contributed by atoms with van der Waals surface area (Å²) in [5.41, 5.74) is -1.74. The lowest BCUT2D eigenvalue weighted by Gasteiger charge is -2.40. The zero-order valence-corrected chi connectivity index (χ0v) is 20.4. The number of ether oxygens (including phenoxy) is 1. The normalized spacial score (nSPS) is 22.3. The summed E-state index contributed by atoms with van der Waals surface area (Å²) in [6, 6.07) is 5.50. The van der Waals surface area contributed by atoms with Gasteiger partial charge >= 0.3 is 12.4 Å². The second-order valence-corrected chi connectivity index (χ2v) is 9.51. The Labute approximate surface area is 214 Å². The number of fused-ring (bicyclic) bond motifs is 1. The van der Waals surface area contributed by atoms with Crippen molar-refractivity contribution < 1.29 is 31.1 Å². The Bertz CT molecular complexity index is 1230. The number of nitrogens with one attached hydrogen (secondary N) is 1. The molecule has 4 heterocycles. The standard InChI is InChI=1S/C25H26F6N6O/c1-38-21-14-18(6-10-36(21)19-4-7-32-8-5-19)33-23-34-22-20(3-2-9-37(22)35-23)15-11-16(24(26,27)28)13-17(12-15)25(29,30)31/h4-5,7-8,11-13,18,20-21H,2-3,6,9-10,14H2,1H3,(H,33,35). The summed E-state index contributed by atoms with van der Waals surface area (Å²) >= 11 is 0. The molecule has 0 radical (unpaired) electrons. The van der Waals surface area contributed by atoms with Gasteiger partial charge in [-0.05, 0) is 55.2 Å². The van der Waals surface area contributed by atoms with E-state index in [2.05, 4.69) is 25.3 Å². The van der Waals surface area contributed by atoms with E-state index in [4.69, 9.17) is 4.74 Å². The van der Waals surface area contributed by atoms with Crippen LogP contribution in [0.25, 0.3) is 0 Å². The molecule has 2 aromatic heterocycles. The van der Waals surface area contributed by atoms with Crippen LogP contribution < -0.4 is 10.2 Å². The van der Waals surface area contributed by atoms with Gasteiger partial charge in [-0.1, -0.05) is 0 Å². The first kappa shape index (κ1) is 26.3. The lowest BCUT2D eigenvalue weighted by atomic mass is 9.88. The van der Waals surface area contributed by atoms with Crippen molar-refractivity contribution in [1.29, 1.82) is 0 Å². The number of pyridine rings is 1. The molecule has 0 bridgehead atoms. The fourth-order valence-electron chi connectivity index (χ4n) is 5.20. The first-order chi connectivity index (χ1) is 18.0. The minimum absolute atomic E-state index is 0.0358. The van der Waals surface area contributed by atoms with Gasteiger partial charge in [-0.3, -0.25) is 4.98 Å². The second-order valence-electron chi connectivity index (χ2n) is 9.51. The van der Waals surface area contributed by atoms with Gasteiger partial charge in [0.2, 0.25) is 5.95 Å². The number of benzene rings is 1. The number of halogens is 6. The zero-order chi connectivity index (χ0) is 27.1. The van der Waals surface area contributed by atoms with E-state index in [1.807, 2.05) is 12.1 Å². The molecule has 0 amide bonds. The molecule has 204 valence electrons. The van der Waals surface area contributed by atoms with Crippen molar-refractivity contribution in [2.75, 3.05) is 23.9 Å². The van der Waals surface area contributed by atoms with Crippen LogP contribution in [0.4, 0.5) is 38.0 Å².